The lowest BCUT2D eigenvalue weighted by Gasteiger charge is -2.32. The van der Waals surface area contributed by atoms with Crippen molar-refractivity contribution in [2.24, 2.45) is 0 Å². The first-order valence-corrected chi connectivity index (χ1v) is 9.48. The van der Waals surface area contributed by atoms with Gasteiger partial charge in [-0.1, -0.05) is 20.8 Å². The number of rotatable bonds is 5. The van der Waals surface area contributed by atoms with E-state index in [1.165, 1.54) is 6.26 Å². The summed E-state index contributed by atoms with van der Waals surface area (Å²) in [4.78, 5) is 4.65. The van der Waals surface area contributed by atoms with Crippen molar-refractivity contribution in [3.8, 4) is 0 Å². The van der Waals surface area contributed by atoms with Crippen LogP contribution in [0.5, 0.6) is 0 Å². The van der Waals surface area contributed by atoms with E-state index in [-0.39, 0.29) is 11.5 Å². The van der Waals surface area contributed by atoms with Crippen LogP contribution in [0, 0.1) is 0 Å². The molecule has 0 aliphatic rings. The highest BCUT2D eigenvalue weighted by Crippen LogP contribution is 2.27. The van der Waals surface area contributed by atoms with Crippen LogP contribution in [0.2, 0.25) is 0 Å². The Hall–Kier alpha value is -0.460. The van der Waals surface area contributed by atoms with E-state index < -0.39 is 14.6 Å². The summed E-state index contributed by atoms with van der Waals surface area (Å²) >= 11 is 1.60. The second-order valence-electron chi connectivity index (χ2n) is 6.80. The molecule has 1 aromatic rings. The molecule has 0 radical (unpaired) electrons. The molecule has 0 aliphatic carbocycles. The van der Waals surface area contributed by atoms with Crippen molar-refractivity contribution in [1.29, 1.82) is 0 Å². The molecule has 0 saturated heterocycles. The lowest BCUT2D eigenvalue weighted by atomic mass is 9.93. The lowest BCUT2D eigenvalue weighted by Crippen LogP contribution is -2.51. The zero-order valence-corrected chi connectivity index (χ0v) is 15.1. The van der Waals surface area contributed by atoms with E-state index in [4.69, 9.17) is 0 Å². The Labute approximate surface area is 126 Å². The third-order valence-electron chi connectivity index (χ3n) is 3.84. The molecule has 0 saturated carbocycles. The van der Waals surface area contributed by atoms with Gasteiger partial charge in [0.2, 0.25) is 0 Å². The third kappa shape index (κ3) is 3.80. The van der Waals surface area contributed by atoms with Gasteiger partial charge in [-0.05, 0) is 20.9 Å². The van der Waals surface area contributed by atoms with Crippen LogP contribution in [0.4, 0.5) is 0 Å². The van der Waals surface area contributed by atoms with Crippen molar-refractivity contribution in [2.45, 2.75) is 57.2 Å². The summed E-state index contributed by atoms with van der Waals surface area (Å²) < 4.78 is 23.1. The normalized spacial score (nSPS) is 15.3. The smallest absolute Gasteiger partial charge is 0.154 e. The Morgan fingerprint density at radius 3 is 2.20 bits per heavy atom. The monoisotopic (exact) mass is 318 g/mol. The van der Waals surface area contributed by atoms with E-state index in [1.807, 2.05) is 0 Å². The van der Waals surface area contributed by atoms with Gasteiger partial charge in [-0.2, -0.15) is 0 Å². The third-order valence-corrected chi connectivity index (χ3v) is 6.91. The van der Waals surface area contributed by atoms with Crippen molar-refractivity contribution in [3.63, 3.8) is 0 Å². The maximum Gasteiger partial charge on any atom is 0.154 e. The molecule has 0 fully saturated rings. The van der Waals surface area contributed by atoms with Crippen molar-refractivity contribution < 1.29 is 8.42 Å². The number of aromatic nitrogens is 1. The average molecular weight is 319 g/mol. The van der Waals surface area contributed by atoms with E-state index in [0.717, 1.165) is 10.7 Å². The minimum Gasteiger partial charge on any atom is -0.315 e. The molecule has 1 atom stereocenters. The molecule has 0 aromatic carbocycles. The fourth-order valence-corrected chi connectivity index (χ4v) is 3.66. The highest BCUT2D eigenvalue weighted by Gasteiger charge is 2.38. The summed E-state index contributed by atoms with van der Waals surface area (Å²) in [5.74, 6) is 0. The van der Waals surface area contributed by atoms with Crippen LogP contribution in [0.3, 0.4) is 0 Å². The zero-order valence-electron chi connectivity index (χ0n) is 13.4. The van der Waals surface area contributed by atoms with Gasteiger partial charge in [-0.15, -0.1) is 11.3 Å². The largest absolute Gasteiger partial charge is 0.315 e. The van der Waals surface area contributed by atoms with Gasteiger partial charge in [0, 0.05) is 29.5 Å². The molecule has 0 aliphatic heterocycles. The Kier molecular flexibility index (Phi) is 5.04. The quantitative estimate of drug-likeness (QED) is 0.905. The second kappa shape index (κ2) is 5.73. The van der Waals surface area contributed by atoms with Crippen molar-refractivity contribution >= 4 is 21.2 Å². The van der Waals surface area contributed by atoms with Crippen LogP contribution >= 0.6 is 11.3 Å². The van der Waals surface area contributed by atoms with Crippen LogP contribution in [0.15, 0.2) is 5.38 Å². The van der Waals surface area contributed by atoms with Crippen molar-refractivity contribution in [1.82, 2.24) is 10.3 Å². The summed E-state index contributed by atoms with van der Waals surface area (Å²) in [6.07, 6.45) is 1.91. The van der Waals surface area contributed by atoms with Gasteiger partial charge in [0.15, 0.2) is 9.84 Å². The number of hydrogen-bond donors (Lipinski definition) is 1. The van der Waals surface area contributed by atoms with Crippen molar-refractivity contribution in [3.05, 3.63) is 16.1 Å². The molecular weight excluding hydrogens is 292 g/mol. The van der Waals surface area contributed by atoms with Gasteiger partial charge in [-0.3, -0.25) is 0 Å². The molecule has 20 heavy (non-hydrogen) atoms. The summed E-state index contributed by atoms with van der Waals surface area (Å²) in [7, 11) is -1.34. The predicted octanol–water partition coefficient (Wildman–Crippen LogP) is 2.39. The fraction of sp³-hybridized carbons (Fsp3) is 0.786. The van der Waals surface area contributed by atoms with Gasteiger partial charge in [-0.25, -0.2) is 13.4 Å². The highest BCUT2D eigenvalue weighted by molar-refractivity contribution is 7.92. The molecule has 6 heteroatoms. The first-order valence-electron chi connectivity index (χ1n) is 6.71. The number of hydrogen-bond acceptors (Lipinski definition) is 5. The van der Waals surface area contributed by atoms with E-state index in [2.05, 4.69) is 36.5 Å². The summed E-state index contributed by atoms with van der Waals surface area (Å²) in [6, 6.07) is -0.156. The highest BCUT2D eigenvalue weighted by atomic mass is 32.2. The predicted molar refractivity (Wildman–Crippen MR) is 86.3 cm³/mol. The van der Waals surface area contributed by atoms with Gasteiger partial charge in [0.05, 0.1) is 15.4 Å². The van der Waals surface area contributed by atoms with Crippen LogP contribution < -0.4 is 5.32 Å². The molecule has 116 valence electrons. The van der Waals surface area contributed by atoms with E-state index in [9.17, 15) is 8.42 Å². The minimum absolute atomic E-state index is 0.0240. The van der Waals surface area contributed by atoms with Crippen LogP contribution in [0.1, 0.15) is 45.3 Å². The molecule has 1 aromatic heterocycles. The number of nitrogens with one attached hydrogen (secondary N) is 1. The fourth-order valence-electron chi connectivity index (χ4n) is 1.88. The lowest BCUT2D eigenvalue weighted by molar-refractivity contribution is 0.429. The first kappa shape index (κ1) is 17.6. The molecule has 0 spiro atoms. The van der Waals surface area contributed by atoms with E-state index >= 15 is 0 Å². The number of nitrogens with zero attached hydrogens (tertiary/aromatic N) is 1. The Bertz CT molecular complexity index is 554. The molecule has 4 nitrogen and oxygen atoms in total. The SMILES string of the molecule is CNC(Cc1nc(C(C)(C)C)cs1)C(C)(C)S(C)(=O)=O. The van der Waals surface area contributed by atoms with Crippen LogP contribution in [0.25, 0.3) is 0 Å². The topological polar surface area (TPSA) is 59.1 Å². The van der Waals surface area contributed by atoms with E-state index in [0.29, 0.717) is 6.42 Å². The number of likely N-dealkylation sites (N-methyl/N-ethyl adjacent to an activating group) is 1. The molecule has 1 unspecified atom stereocenters. The van der Waals surface area contributed by atoms with Gasteiger partial charge in [0.1, 0.15) is 0 Å². The van der Waals surface area contributed by atoms with Gasteiger partial charge < -0.3 is 5.32 Å². The molecule has 0 amide bonds. The van der Waals surface area contributed by atoms with Crippen LogP contribution in [-0.4, -0.2) is 37.5 Å². The Morgan fingerprint density at radius 2 is 1.85 bits per heavy atom. The molecule has 1 N–H and O–H groups in total. The Morgan fingerprint density at radius 1 is 1.30 bits per heavy atom. The number of thiazole rings is 1. The molecule has 1 heterocycles. The summed E-state index contributed by atoms with van der Waals surface area (Å²) in [6.45, 7) is 9.91. The first-order chi connectivity index (χ1) is 8.89. The maximum absolute atomic E-state index is 12.0. The molecule has 0 bridgehead atoms. The van der Waals surface area contributed by atoms with Gasteiger partial charge >= 0.3 is 0 Å². The Balaban J connectivity index is 2.98. The van der Waals surface area contributed by atoms with Crippen molar-refractivity contribution in [2.75, 3.05) is 13.3 Å². The second-order valence-corrected chi connectivity index (χ2v) is 10.3. The average Bonchev–Trinajstić information content (AvgIpc) is 2.71. The van der Waals surface area contributed by atoms with E-state index in [1.54, 1.807) is 32.2 Å². The minimum atomic E-state index is -3.14. The van der Waals surface area contributed by atoms with Gasteiger partial charge in [0.25, 0.3) is 0 Å². The standard InChI is InChI=1S/C14H26N2O2S2/c1-13(2,3)11-9-19-12(16-11)8-10(15-6)14(4,5)20(7,17)18/h9-10,15H,8H2,1-7H3. The molecule has 1 rings (SSSR count). The number of sulfone groups is 1. The van der Waals surface area contributed by atoms with Crippen LogP contribution in [-0.2, 0) is 21.7 Å². The summed E-state index contributed by atoms with van der Waals surface area (Å²) in [5, 5.41) is 6.18. The maximum atomic E-state index is 12.0. The molecular formula is C14H26N2O2S2. The summed E-state index contributed by atoms with van der Waals surface area (Å²) in [5.41, 5.74) is 1.08. The zero-order chi connectivity index (χ0) is 15.8.